The second kappa shape index (κ2) is 16.7. The van der Waals surface area contributed by atoms with Gasteiger partial charge in [-0.3, -0.25) is 9.59 Å². The van der Waals surface area contributed by atoms with Crippen molar-refractivity contribution in [3.05, 3.63) is 84.2 Å². The van der Waals surface area contributed by atoms with E-state index in [2.05, 4.69) is 34.2 Å². The van der Waals surface area contributed by atoms with Crippen molar-refractivity contribution < 1.29 is 23.1 Å². The van der Waals surface area contributed by atoms with Crippen molar-refractivity contribution in [1.29, 1.82) is 0 Å². The molecule has 4 aromatic rings. The van der Waals surface area contributed by atoms with Crippen LogP contribution in [0.4, 0.5) is 8.78 Å². The van der Waals surface area contributed by atoms with Crippen LogP contribution in [-0.4, -0.2) is 82.0 Å². The van der Waals surface area contributed by atoms with Gasteiger partial charge in [0.1, 0.15) is 30.0 Å². The summed E-state index contributed by atoms with van der Waals surface area (Å²) in [7, 11) is -1.14. The number of hydrogen-bond acceptors (Lipinski definition) is 5. The van der Waals surface area contributed by atoms with Gasteiger partial charge in [-0.15, -0.1) is 0 Å². The summed E-state index contributed by atoms with van der Waals surface area (Å²) in [5.41, 5.74) is 3.17. The lowest BCUT2D eigenvalue weighted by atomic mass is 9.96. The first-order valence-electron chi connectivity index (χ1n) is 17.6. The van der Waals surface area contributed by atoms with E-state index in [0.29, 0.717) is 12.6 Å². The summed E-state index contributed by atoms with van der Waals surface area (Å²) in [5, 5.41) is 0. The van der Waals surface area contributed by atoms with Crippen LogP contribution in [0.5, 0.6) is 0 Å². The Kier molecular flexibility index (Phi) is 12.4. The van der Waals surface area contributed by atoms with Gasteiger partial charge in [0.2, 0.25) is 11.8 Å². The smallest absolute Gasteiger partial charge is 0.219 e. The molecule has 2 fully saturated rings. The van der Waals surface area contributed by atoms with Gasteiger partial charge in [-0.05, 0) is 56.0 Å². The number of nitrogens with zero attached hydrogens (tertiary/aromatic N) is 5. The van der Waals surface area contributed by atoms with Crippen molar-refractivity contribution in [2.24, 2.45) is 0 Å². The monoisotopic (exact) mass is 704 g/mol. The summed E-state index contributed by atoms with van der Waals surface area (Å²) in [6, 6.07) is 14.1. The zero-order valence-electron chi connectivity index (χ0n) is 29.9. The van der Waals surface area contributed by atoms with E-state index in [0.717, 1.165) is 98.7 Å². The Labute approximate surface area is 295 Å². The van der Waals surface area contributed by atoms with E-state index in [-0.39, 0.29) is 29.4 Å². The number of benzene rings is 2. The van der Waals surface area contributed by atoms with Crippen molar-refractivity contribution in [3.63, 3.8) is 0 Å². The maximum Gasteiger partial charge on any atom is 0.219 e. The first-order chi connectivity index (χ1) is 23.9. The molecule has 2 aromatic heterocycles. The van der Waals surface area contributed by atoms with Crippen LogP contribution in [0.1, 0.15) is 63.0 Å². The quantitative estimate of drug-likeness (QED) is 0.143. The van der Waals surface area contributed by atoms with E-state index in [4.69, 9.17) is 9.72 Å². The number of carbonyl (C=O) groups is 2. The summed E-state index contributed by atoms with van der Waals surface area (Å²) < 4.78 is 35.0. The number of aromatic amines is 1. The third-order valence-corrected chi connectivity index (χ3v) is 11.2. The van der Waals surface area contributed by atoms with E-state index in [1.807, 2.05) is 28.1 Å². The van der Waals surface area contributed by atoms with Crippen LogP contribution in [0.15, 0.2) is 60.9 Å². The van der Waals surface area contributed by atoms with Gasteiger partial charge in [-0.25, -0.2) is 18.7 Å². The molecule has 268 valence electrons. The number of H-pyrrole nitrogens is 1. The number of nitrogens with one attached hydrogen (secondary N) is 1. The molecule has 12 heteroatoms. The molecule has 0 spiro atoms. The zero-order valence-corrected chi connectivity index (χ0v) is 30.9. The van der Waals surface area contributed by atoms with Gasteiger partial charge in [0.25, 0.3) is 0 Å². The van der Waals surface area contributed by atoms with Crippen molar-refractivity contribution in [2.75, 3.05) is 32.8 Å². The molecule has 0 radical (unpaired) electrons. The van der Waals surface area contributed by atoms with Crippen LogP contribution in [-0.2, 0) is 21.1 Å². The summed E-state index contributed by atoms with van der Waals surface area (Å²) in [4.78, 5) is 39.3. The lowest BCUT2D eigenvalue weighted by Gasteiger charge is -2.31. The van der Waals surface area contributed by atoms with Crippen LogP contribution in [0.3, 0.4) is 0 Å². The largest absolute Gasteiger partial charge is 0.361 e. The maximum absolute atomic E-state index is 13.7. The van der Waals surface area contributed by atoms with Crippen molar-refractivity contribution >= 4 is 19.9 Å². The number of imidazole rings is 2. The lowest BCUT2D eigenvalue weighted by molar-refractivity contribution is -0.130. The normalized spacial score (nSPS) is 15.9. The van der Waals surface area contributed by atoms with E-state index in [1.165, 1.54) is 24.3 Å². The summed E-state index contributed by atoms with van der Waals surface area (Å²) >= 11 is 0. The summed E-state index contributed by atoms with van der Waals surface area (Å²) in [6.45, 7) is 14.5. The fraction of sp³-hybridized carbons (Fsp3) is 0.474. The second-order valence-corrected chi connectivity index (χ2v) is 20.2. The predicted octanol–water partition coefficient (Wildman–Crippen LogP) is 7.67. The topological polar surface area (TPSA) is 96.3 Å². The minimum absolute atomic E-state index is 0.127. The minimum Gasteiger partial charge on any atom is -0.361 e. The Balaban J connectivity index is 0.000000204. The molecule has 0 saturated carbocycles. The van der Waals surface area contributed by atoms with E-state index in [1.54, 1.807) is 32.2 Å². The van der Waals surface area contributed by atoms with Crippen LogP contribution in [0.25, 0.3) is 22.5 Å². The number of ether oxygens (including phenoxy) is 1. The van der Waals surface area contributed by atoms with Crippen LogP contribution in [0.2, 0.25) is 25.7 Å². The highest BCUT2D eigenvalue weighted by Gasteiger charge is 2.27. The summed E-state index contributed by atoms with van der Waals surface area (Å²) in [5.74, 6) is 2.25. The Bertz CT molecular complexity index is 1740. The number of likely N-dealkylation sites (tertiary alicyclic amines) is 2. The van der Waals surface area contributed by atoms with Crippen LogP contribution >= 0.6 is 0 Å². The first kappa shape index (κ1) is 37.1. The Morgan fingerprint density at radius 1 is 0.860 bits per heavy atom. The number of aromatic nitrogens is 4. The number of rotatable bonds is 9. The second-order valence-electron chi connectivity index (χ2n) is 14.6. The van der Waals surface area contributed by atoms with Crippen molar-refractivity contribution in [1.82, 2.24) is 29.3 Å². The van der Waals surface area contributed by atoms with E-state index in [9.17, 15) is 18.4 Å². The van der Waals surface area contributed by atoms with Gasteiger partial charge in [-0.2, -0.15) is 0 Å². The number of piperidine rings is 2. The van der Waals surface area contributed by atoms with Gasteiger partial charge in [0, 0.05) is 83.9 Å². The average molecular weight is 705 g/mol. The highest BCUT2D eigenvalue weighted by Crippen LogP contribution is 2.31. The molecule has 50 heavy (non-hydrogen) atoms. The fourth-order valence-corrected chi connectivity index (χ4v) is 7.21. The molecular formula is C38H50F2N6O3Si. The molecule has 2 amide bonds. The Hall–Kier alpha value is -4.16. The maximum atomic E-state index is 13.7. The van der Waals surface area contributed by atoms with Gasteiger partial charge < -0.3 is 24.1 Å². The molecule has 2 aliphatic heterocycles. The molecule has 2 aliphatic rings. The third kappa shape index (κ3) is 10.2. The molecule has 0 bridgehead atoms. The highest BCUT2D eigenvalue weighted by molar-refractivity contribution is 6.76. The fourth-order valence-electron chi connectivity index (χ4n) is 6.45. The van der Waals surface area contributed by atoms with Crippen LogP contribution < -0.4 is 0 Å². The lowest BCUT2D eigenvalue weighted by Crippen LogP contribution is -2.36. The summed E-state index contributed by atoms with van der Waals surface area (Å²) in [6.07, 6.45) is 7.31. The zero-order chi connectivity index (χ0) is 35.8. The highest BCUT2D eigenvalue weighted by atomic mass is 28.3. The van der Waals surface area contributed by atoms with Gasteiger partial charge >= 0.3 is 0 Å². The van der Waals surface area contributed by atoms with Crippen molar-refractivity contribution in [3.8, 4) is 22.5 Å². The van der Waals surface area contributed by atoms with Gasteiger partial charge in [0.05, 0.1) is 17.6 Å². The third-order valence-electron chi connectivity index (χ3n) is 9.52. The molecule has 1 N–H and O–H groups in total. The minimum atomic E-state index is -1.14. The molecule has 6 rings (SSSR count). The number of halogens is 2. The standard InChI is InChI=1S/C22H32FN3O2Si.C16H18FN3O/c1-17(27)25-10-8-18(9-11-25)22-24-21(19-6-5-7-20(23)14-19)15-26(22)16-28-12-13-29(2,3)4;1-11(21)20-7-5-12(6-8-20)16-18-10-15(19-16)13-3-2-4-14(17)9-13/h5-7,14-15,18H,8-13,16H2,1-4H3;2-4,9-10,12H,5-8H2,1H3,(H,18,19). The molecule has 2 aromatic carbocycles. The number of carbonyl (C=O) groups excluding carboxylic acids is 2. The average Bonchev–Trinajstić information content (AvgIpc) is 3.75. The Morgan fingerprint density at radius 3 is 1.98 bits per heavy atom. The molecule has 4 heterocycles. The molecule has 0 unspecified atom stereocenters. The van der Waals surface area contributed by atoms with E-state index < -0.39 is 8.07 Å². The predicted molar refractivity (Wildman–Crippen MR) is 194 cm³/mol. The Morgan fingerprint density at radius 2 is 1.42 bits per heavy atom. The van der Waals surface area contributed by atoms with Gasteiger partial charge in [-0.1, -0.05) is 43.9 Å². The van der Waals surface area contributed by atoms with E-state index >= 15 is 0 Å². The SMILES string of the molecule is CC(=O)N1CCC(c2nc(-c3cccc(F)c3)cn2COCC[Si](C)(C)C)CC1.CC(=O)N1CCC(c2ncc(-c3cccc(F)c3)[nH]2)CC1. The molecule has 9 nitrogen and oxygen atoms in total. The molecule has 0 aliphatic carbocycles. The number of hydrogen-bond donors (Lipinski definition) is 1. The molecular weight excluding hydrogens is 655 g/mol. The number of amides is 2. The first-order valence-corrected chi connectivity index (χ1v) is 21.3. The molecule has 2 saturated heterocycles. The van der Waals surface area contributed by atoms with Crippen molar-refractivity contribution in [2.45, 2.75) is 83.8 Å². The molecule has 0 atom stereocenters. The van der Waals surface area contributed by atoms with Crippen LogP contribution in [0, 0.1) is 11.6 Å². The van der Waals surface area contributed by atoms with Gasteiger partial charge in [0.15, 0.2) is 0 Å².